The molecule has 0 spiro atoms. The number of likely N-dealkylation sites (tertiary alicyclic amines) is 1. The van der Waals surface area contributed by atoms with Crippen molar-refractivity contribution in [3.8, 4) is 0 Å². The molecule has 0 aromatic heterocycles. The van der Waals surface area contributed by atoms with E-state index < -0.39 is 12.0 Å². The largest absolute Gasteiger partial charge is 0.454 e. The molecule has 0 bridgehead atoms. The van der Waals surface area contributed by atoms with Gasteiger partial charge in [-0.25, -0.2) is 0 Å². The summed E-state index contributed by atoms with van der Waals surface area (Å²) in [7, 11) is 0. The van der Waals surface area contributed by atoms with E-state index in [-0.39, 0.29) is 0 Å². The summed E-state index contributed by atoms with van der Waals surface area (Å²) in [6.07, 6.45) is -0.973. The predicted molar refractivity (Wildman–Crippen MR) is 41.0 cm³/mol. The minimum atomic E-state index is -4.74. The number of nitrogens with zero attached hydrogens (tertiary/aromatic N) is 1. The molecule has 1 aliphatic rings. The quantitative estimate of drug-likeness (QED) is 0.622. The minimum Gasteiger partial charge on any atom is -0.377 e. The van der Waals surface area contributed by atoms with E-state index in [1.807, 2.05) is 0 Å². The summed E-state index contributed by atoms with van der Waals surface area (Å²) in [4.78, 5) is 12.1. The number of ketones is 1. The summed E-state index contributed by atoms with van der Waals surface area (Å²) in [5, 5.41) is 0. The predicted octanol–water partition coefficient (Wildman–Crippen LogP) is 1.73. The first-order valence-electron chi connectivity index (χ1n) is 4.03. The third kappa shape index (κ3) is 3.08. The highest BCUT2D eigenvalue weighted by molar-refractivity contribution is 5.94. The Morgan fingerprint density at radius 3 is 2.23 bits per heavy atom. The van der Waals surface area contributed by atoms with Crippen molar-refractivity contribution in [2.45, 2.75) is 19.0 Å². The molecule has 0 unspecified atom stereocenters. The van der Waals surface area contributed by atoms with Crippen LogP contribution in [-0.2, 0) is 4.79 Å². The monoisotopic (exact) mass is 193 g/mol. The highest BCUT2D eigenvalue weighted by atomic mass is 19.4. The maximum atomic E-state index is 11.7. The molecule has 0 radical (unpaired) electrons. The molecular weight excluding hydrogens is 183 g/mol. The zero-order valence-corrected chi connectivity index (χ0v) is 6.97. The minimum absolute atomic E-state index is 0.589. The van der Waals surface area contributed by atoms with Crippen LogP contribution < -0.4 is 0 Å². The Morgan fingerprint density at radius 1 is 1.23 bits per heavy atom. The molecule has 74 valence electrons. The summed E-state index contributed by atoms with van der Waals surface area (Å²) in [6.45, 7) is 1.48. The second-order valence-corrected chi connectivity index (χ2v) is 2.92. The van der Waals surface area contributed by atoms with Crippen LogP contribution in [0.4, 0.5) is 13.2 Å². The first kappa shape index (κ1) is 10.1. The second-order valence-electron chi connectivity index (χ2n) is 2.92. The van der Waals surface area contributed by atoms with E-state index in [2.05, 4.69) is 0 Å². The lowest BCUT2D eigenvalue weighted by atomic mass is 10.4. The molecule has 1 heterocycles. The molecule has 0 amide bonds. The smallest absolute Gasteiger partial charge is 0.377 e. The van der Waals surface area contributed by atoms with Crippen LogP contribution in [0.3, 0.4) is 0 Å². The van der Waals surface area contributed by atoms with Gasteiger partial charge in [0.1, 0.15) is 0 Å². The number of halogens is 3. The summed E-state index contributed by atoms with van der Waals surface area (Å²) in [5.74, 6) is -1.79. The van der Waals surface area contributed by atoms with Gasteiger partial charge in [0.25, 0.3) is 5.78 Å². The fraction of sp³-hybridized carbons (Fsp3) is 0.625. The van der Waals surface area contributed by atoms with E-state index in [9.17, 15) is 18.0 Å². The Kier molecular flexibility index (Phi) is 2.95. The Balaban J connectivity index is 2.43. The zero-order valence-electron chi connectivity index (χ0n) is 6.97. The second kappa shape index (κ2) is 3.81. The van der Waals surface area contributed by atoms with Crippen molar-refractivity contribution in [1.82, 2.24) is 4.90 Å². The maximum absolute atomic E-state index is 11.7. The Hall–Kier alpha value is -1.00. The topological polar surface area (TPSA) is 20.3 Å². The van der Waals surface area contributed by atoms with Crippen LogP contribution in [0.2, 0.25) is 0 Å². The van der Waals surface area contributed by atoms with Crippen molar-refractivity contribution in [3.05, 3.63) is 12.3 Å². The van der Waals surface area contributed by atoms with Gasteiger partial charge >= 0.3 is 6.18 Å². The van der Waals surface area contributed by atoms with Crippen LogP contribution in [0.1, 0.15) is 12.8 Å². The fourth-order valence-corrected chi connectivity index (χ4v) is 1.16. The van der Waals surface area contributed by atoms with Gasteiger partial charge in [0.15, 0.2) is 0 Å². The molecule has 0 saturated carbocycles. The SMILES string of the molecule is O=C(C=CN1CCCC1)C(F)(F)F. The van der Waals surface area contributed by atoms with Crippen LogP contribution in [0, 0.1) is 0 Å². The summed E-state index contributed by atoms with van der Waals surface area (Å²) in [5.41, 5.74) is 0. The van der Waals surface area contributed by atoms with Crippen molar-refractivity contribution in [2.24, 2.45) is 0 Å². The van der Waals surface area contributed by atoms with Crippen molar-refractivity contribution in [1.29, 1.82) is 0 Å². The Bertz CT molecular complexity index is 216. The number of rotatable bonds is 2. The Labute approximate surface area is 74.0 Å². The third-order valence-electron chi connectivity index (χ3n) is 1.86. The average molecular weight is 193 g/mol. The standard InChI is InChI=1S/C8H10F3NO/c9-8(10,11)7(13)3-6-12-4-1-2-5-12/h3,6H,1-2,4-5H2. The average Bonchev–Trinajstić information content (AvgIpc) is 2.50. The number of alkyl halides is 3. The van der Waals surface area contributed by atoms with Gasteiger partial charge in [-0.05, 0) is 12.8 Å². The number of carbonyl (C=O) groups is 1. The molecule has 0 aromatic carbocycles. The first-order chi connectivity index (χ1) is 6.00. The number of allylic oxidation sites excluding steroid dienone is 1. The van der Waals surface area contributed by atoms with Gasteiger partial charge in [-0.2, -0.15) is 13.2 Å². The van der Waals surface area contributed by atoms with E-state index in [0.717, 1.165) is 25.9 Å². The third-order valence-corrected chi connectivity index (χ3v) is 1.86. The molecule has 2 nitrogen and oxygen atoms in total. The van der Waals surface area contributed by atoms with Crippen LogP contribution in [0.25, 0.3) is 0 Å². The van der Waals surface area contributed by atoms with Gasteiger partial charge < -0.3 is 4.90 Å². The van der Waals surface area contributed by atoms with E-state index in [1.54, 1.807) is 4.90 Å². The number of hydrogen-bond donors (Lipinski definition) is 0. The molecule has 0 atom stereocenters. The van der Waals surface area contributed by atoms with Crippen LogP contribution >= 0.6 is 0 Å². The van der Waals surface area contributed by atoms with Gasteiger partial charge in [0.2, 0.25) is 0 Å². The van der Waals surface area contributed by atoms with E-state index in [4.69, 9.17) is 0 Å². The van der Waals surface area contributed by atoms with Gasteiger partial charge in [-0.1, -0.05) is 0 Å². The molecule has 0 aliphatic carbocycles. The van der Waals surface area contributed by atoms with Gasteiger partial charge in [0.05, 0.1) is 0 Å². The normalized spacial score (nSPS) is 18.5. The summed E-state index contributed by atoms with van der Waals surface area (Å²) in [6, 6.07) is 0. The molecule has 1 aliphatic heterocycles. The van der Waals surface area contributed by atoms with Crippen LogP contribution in [0.5, 0.6) is 0 Å². The van der Waals surface area contributed by atoms with Crippen LogP contribution in [-0.4, -0.2) is 29.9 Å². The lowest BCUT2D eigenvalue weighted by Gasteiger charge is -2.09. The van der Waals surface area contributed by atoms with Gasteiger partial charge in [-0.15, -0.1) is 0 Å². The molecule has 1 rings (SSSR count). The van der Waals surface area contributed by atoms with Crippen molar-refractivity contribution in [3.63, 3.8) is 0 Å². The molecule has 1 fully saturated rings. The molecule has 13 heavy (non-hydrogen) atoms. The van der Waals surface area contributed by atoms with Gasteiger partial charge in [-0.3, -0.25) is 4.79 Å². The molecule has 0 N–H and O–H groups in total. The maximum Gasteiger partial charge on any atom is 0.454 e. The summed E-state index contributed by atoms with van der Waals surface area (Å²) >= 11 is 0. The Morgan fingerprint density at radius 2 is 1.77 bits per heavy atom. The highest BCUT2D eigenvalue weighted by Gasteiger charge is 2.36. The number of carbonyl (C=O) groups excluding carboxylic acids is 1. The molecule has 0 aromatic rings. The van der Waals surface area contributed by atoms with E-state index in [1.165, 1.54) is 6.20 Å². The van der Waals surface area contributed by atoms with Crippen molar-refractivity contribution < 1.29 is 18.0 Å². The lowest BCUT2D eigenvalue weighted by Crippen LogP contribution is -2.21. The van der Waals surface area contributed by atoms with Crippen molar-refractivity contribution >= 4 is 5.78 Å². The lowest BCUT2D eigenvalue weighted by molar-refractivity contribution is -0.165. The first-order valence-corrected chi connectivity index (χ1v) is 4.03. The number of hydrogen-bond acceptors (Lipinski definition) is 2. The molecule has 5 heteroatoms. The van der Waals surface area contributed by atoms with E-state index in [0.29, 0.717) is 6.08 Å². The van der Waals surface area contributed by atoms with Crippen molar-refractivity contribution in [2.75, 3.05) is 13.1 Å². The highest BCUT2D eigenvalue weighted by Crippen LogP contribution is 2.17. The fourth-order valence-electron chi connectivity index (χ4n) is 1.16. The van der Waals surface area contributed by atoms with E-state index >= 15 is 0 Å². The molecule has 1 saturated heterocycles. The molecular formula is C8H10F3NO. The van der Waals surface area contributed by atoms with Gasteiger partial charge in [0, 0.05) is 25.4 Å². The summed E-state index contributed by atoms with van der Waals surface area (Å²) < 4.78 is 35.1. The van der Waals surface area contributed by atoms with Crippen LogP contribution in [0.15, 0.2) is 12.3 Å². The zero-order chi connectivity index (χ0) is 9.90.